The summed E-state index contributed by atoms with van der Waals surface area (Å²) in [6.45, 7) is 1.27. The van der Waals surface area contributed by atoms with Crippen molar-refractivity contribution in [2.24, 2.45) is 0 Å². The van der Waals surface area contributed by atoms with Gasteiger partial charge in [0.2, 0.25) is 0 Å². The zero-order chi connectivity index (χ0) is 12.6. The molecule has 0 aliphatic carbocycles. The molecule has 0 radical (unpaired) electrons. The average molecular weight is 253 g/mol. The van der Waals surface area contributed by atoms with Crippen molar-refractivity contribution in [2.75, 3.05) is 0 Å². The number of aromatic nitrogens is 1. The fourth-order valence-corrected chi connectivity index (χ4v) is 2.44. The number of ketones is 1. The van der Waals surface area contributed by atoms with Crippen LogP contribution in [-0.2, 0) is 11.2 Å². The molecule has 0 unspecified atom stereocenters. The van der Waals surface area contributed by atoms with Crippen LogP contribution >= 0.6 is 11.3 Å². The number of carbonyl (C=O) groups is 2. The second kappa shape index (κ2) is 4.21. The lowest BCUT2D eigenvalue weighted by Crippen LogP contribution is -1.99. The van der Waals surface area contributed by atoms with E-state index >= 15 is 0 Å². The lowest BCUT2D eigenvalue weighted by atomic mass is 10.1. The summed E-state index contributed by atoms with van der Waals surface area (Å²) >= 11 is 1.12. The first-order valence-corrected chi connectivity index (χ1v) is 5.60. The van der Waals surface area contributed by atoms with Crippen LogP contribution < -0.4 is 0 Å². The summed E-state index contributed by atoms with van der Waals surface area (Å²) in [5.41, 5.74) is 0.433. The summed E-state index contributed by atoms with van der Waals surface area (Å²) in [5.74, 6) is -1.97. The molecule has 0 amide bonds. The van der Waals surface area contributed by atoms with E-state index in [0.29, 0.717) is 15.2 Å². The zero-order valence-corrected chi connectivity index (χ0v) is 9.68. The first-order valence-electron chi connectivity index (χ1n) is 4.79. The molecule has 0 saturated carbocycles. The summed E-state index contributed by atoms with van der Waals surface area (Å²) in [6, 6.07) is 2.57. The van der Waals surface area contributed by atoms with Crippen molar-refractivity contribution in [3.63, 3.8) is 0 Å². The molecule has 0 aliphatic rings. The third-order valence-corrected chi connectivity index (χ3v) is 3.22. The molecule has 1 aromatic heterocycles. The van der Waals surface area contributed by atoms with Gasteiger partial charge in [0.05, 0.1) is 22.2 Å². The minimum absolute atomic E-state index is 0.0234. The van der Waals surface area contributed by atoms with E-state index in [1.165, 1.54) is 19.1 Å². The summed E-state index contributed by atoms with van der Waals surface area (Å²) in [7, 11) is 0. The monoisotopic (exact) mass is 253 g/mol. The Hall–Kier alpha value is -1.82. The maximum Gasteiger partial charge on any atom is 0.310 e. The van der Waals surface area contributed by atoms with Crippen LogP contribution in [0.5, 0.6) is 0 Å². The number of halogens is 1. The van der Waals surface area contributed by atoms with E-state index in [9.17, 15) is 14.0 Å². The SMILES string of the molecule is CC(=O)c1cc2nc(CC(=O)O)sc2cc1F. The number of rotatable bonds is 3. The molecule has 4 nitrogen and oxygen atoms in total. The van der Waals surface area contributed by atoms with Gasteiger partial charge < -0.3 is 5.11 Å². The Morgan fingerprint density at radius 3 is 2.76 bits per heavy atom. The molecule has 17 heavy (non-hydrogen) atoms. The Balaban J connectivity index is 2.54. The molecule has 0 atom stereocenters. The number of Topliss-reactive ketones (excluding diaryl/α,β-unsaturated/α-hetero) is 1. The summed E-state index contributed by atoms with van der Waals surface area (Å²) in [6.07, 6.45) is -0.198. The second-order valence-electron chi connectivity index (χ2n) is 3.53. The lowest BCUT2D eigenvalue weighted by Gasteiger charge is -1.97. The third kappa shape index (κ3) is 2.31. The number of hydrogen-bond donors (Lipinski definition) is 1. The smallest absolute Gasteiger partial charge is 0.310 e. The topological polar surface area (TPSA) is 67.3 Å². The van der Waals surface area contributed by atoms with Gasteiger partial charge >= 0.3 is 5.97 Å². The van der Waals surface area contributed by atoms with Gasteiger partial charge in [0, 0.05) is 0 Å². The number of nitrogens with zero attached hydrogens (tertiary/aromatic N) is 1. The van der Waals surface area contributed by atoms with Crippen molar-refractivity contribution in [1.82, 2.24) is 4.98 Å². The number of benzene rings is 1. The van der Waals surface area contributed by atoms with Crippen molar-refractivity contribution in [3.8, 4) is 0 Å². The summed E-state index contributed by atoms with van der Waals surface area (Å²) in [4.78, 5) is 25.7. The van der Waals surface area contributed by atoms with Gasteiger partial charge in [-0.25, -0.2) is 9.37 Å². The molecule has 6 heteroatoms. The molecule has 1 heterocycles. The molecule has 0 saturated heterocycles. The number of carboxylic acids is 1. The minimum Gasteiger partial charge on any atom is -0.481 e. The Morgan fingerprint density at radius 2 is 2.18 bits per heavy atom. The number of fused-ring (bicyclic) bond motifs is 1. The predicted octanol–water partition coefficient (Wildman–Crippen LogP) is 2.27. The number of carbonyl (C=O) groups excluding carboxylic acids is 1. The first-order chi connectivity index (χ1) is 7.97. The quantitative estimate of drug-likeness (QED) is 0.852. The van der Waals surface area contributed by atoms with E-state index in [4.69, 9.17) is 5.11 Å². The van der Waals surface area contributed by atoms with Gasteiger partial charge in [0.25, 0.3) is 0 Å². The van der Waals surface area contributed by atoms with E-state index in [0.717, 1.165) is 11.3 Å². The van der Waals surface area contributed by atoms with Gasteiger partial charge in [-0.2, -0.15) is 0 Å². The molecule has 1 N–H and O–H groups in total. The van der Waals surface area contributed by atoms with Gasteiger partial charge in [-0.15, -0.1) is 11.3 Å². The molecule has 0 fully saturated rings. The third-order valence-electron chi connectivity index (χ3n) is 2.20. The molecule has 2 aromatic rings. The normalized spacial score (nSPS) is 10.7. The Labute approximate surface area is 99.7 Å². The van der Waals surface area contributed by atoms with E-state index < -0.39 is 11.8 Å². The predicted molar refractivity (Wildman–Crippen MR) is 60.9 cm³/mol. The van der Waals surface area contributed by atoms with Crippen LogP contribution in [-0.4, -0.2) is 21.8 Å². The van der Waals surface area contributed by atoms with Gasteiger partial charge in [-0.3, -0.25) is 9.59 Å². The molecular formula is C11H8FNO3S. The Bertz CT molecular complexity index is 620. The Kier molecular flexibility index (Phi) is 2.89. The van der Waals surface area contributed by atoms with Crippen LogP contribution in [0.2, 0.25) is 0 Å². The highest BCUT2D eigenvalue weighted by Crippen LogP contribution is 2.25. The molecule has 0 spiro atoms. The average Bonchev–Trinajstić information content (AvgIpc) is 2.56. The molecule has 2 rings (SSSR count). The van der Waals surface area contributed by atoms with Crippen LogP contribution in [0.25, 0.3) is 10.2 Å². The maximum atomic E-state index is 13.5. The number of thiazole rings is 1. The van der Waals surface area contributed by atoms with Crippen LogP contribution in [0.3, 0.4) is 0 Å². The summed E-state index contributed by atoms with van der Waals surface area (Å²) < 4.78 is 14.0. The van der Waals surface area contributed by atoms with Crippen LogP contribution in [0.1, 0.15) is 22.3 Å². The molecule has 0 aliphatic heterocycles. The molecule has 88 valence electrons. The van der Waals surface area contributed by atoms with Crippen molar-refractivity contribution in [2.45, 2.75) is 13.3 Å². The maximum absolute atomic E-state index is 13.5. The van der Waals surface area contributed by atoms with Crippen molar-refractivity contribution >= 4 is 33.3 Å². The van der Waals surface area contributed by atoms with Crippen LogP contribution in [0, 0.1) is 5.82 Å². The fourth-order valence-electron chi connectivity index (χ4n) is 1.47. The van der Waals surface area contributed by atoms with E-state index in [-0.39, 0.29) is 17.8 Å². The number of aliphatic carboxylic acids is 1. The minimum atomic E-state index is -0.990. The van der Waals surface area contributed by atoms with E-state index in [2.05, 4.69) is 4.98 Å². The fraction of sp³-hybridized carbons (Fsp3) is 0.182. The largest absolute Gasteiger partial charge is 0.481 e. The van der Waals surface area contributed by atoms with Gasteiger partial charge in [-0.05, 0) is 19.1 Å². The number of hydrogen-bond acceptors (Lipinski definition) is 4. The highest BCUT2D eigenvalue weighted by atomic mass is 32.1. The van der Waals surface area contributed by atoms with Crippen molar-refractivity contribution in [1.29, 1.82) is 0 Å². The Morgan fingerprint density at radius 1 is 1.47 bits per heavy atom. The van der Waals surface area contributed by atoms with Crippen LogP contribution in [0.4, 0.5) is 4.39 Å². The van der Waals surface area contributed by atoms with Gasteiger partial charge in [-0.1, -0.05) is 0 Å². The highest BCUT2D eigenvalue weighted by Gasteiger charge is 2.13. The van der Waals surface area contributed by atoms with Gasteiger partial charge in [0.1, 0.15) is 10.8 Å². The first kappa shape index (κ1) is 11.7. The van der Waals surface area contributed by atoms with Gasteiger partial charge in [0.15, 0.2) is 5.78 Å². The van der Waals surface area contributed by atoms with Crippen LogP contribution in [0.15, 0.2) is 12.1 Å². The summed E-state index contributed by atoms with van der Waals surface area (Å²) in [5, 5.41) is 9.02. The standard InChI is InChI=1S/C11H8FNO3S/c1-5(14)6-2-8-9(3-7(6)12)17-10(13-8)4-11(15)16/h2-3H,4H2,1H3,(H,15,16). The number of carboxylic acid groups (broad SMARTS) is 1. The lowest BCUT2D eigenvalue weighted by molar-refractivity contribution is -0.136. The van der Waals surface area contributed by atoms with E-state index in [1.807, 2.05) is 0 Å². The highest BCUT2D eigenvalue weighted by molar-refractivity contribution is 7.18. The van der Waals surface area contributed by atoms with Crippen molar-refractivity contribution in [3.05, 3.63) is 28.5 Å². The molecule has 0 bridgehead atoms. The second-order valence-corrected chi connectivity index (χ2v) is 4.65. The van der Waals surface area contributed by atoms with E-state index in [1.54, 1.807) is 0 Å². The molecular weight excluding hydrogens is 245 g/mol. The molecule has 1 aromatic carbocycles. The van der Waals surface area contributed by atoms with Crippen molar-refractivity contribution < 1.29 is 19.1 Å². The zero-order valence-electron chi connectivity index (χ0n) is 8.86.